The van der Waals surface area contributed by atoms with Crippen LogP contribution in [0.5, 0.6) is 0 Å². The SMILES string of the molecule is Cc1nc(C2CCCN2S(=O)(=O)c2ccc(C(C)(C)C)s2)no1. The van der Waals surface area contributed by atoms with Crippen molar-refractivity contribution in [3.05, 3.63) is 28.7 Å². The van der Waals surface area contributed by atoms with Gasteiger partial charge in [0.05, 0.1) is 6.04 Å². The molecule has 0 aromatic carbocycles. The minimum absolute atomic E-state index is 0.0619. The zero-order chi connectivity index (χ0) is 16.8. The predicted octanol–water partition coefficient (Wildman–Crippen LogP) is 3.26. The van der Waals surface area contributed by atoms with E-state index in [-0.39, 0.29) is 11.5 Å². The first-order valence-corrected chi connectivity index (χ1v) is 9.87. The van der Waals surface area contributed by atoms with Gasteiger partial charge in [-0.3, -0.25) is 0 Å². The van der Waals surface area contributed by atoms with Crippen LogP contribution in [0.15, 0.2) is 20.9 Å². The fourth-order valence-electron chi connectivity index (χ4n) is 2.71. The van der Waals surface area contributed by atoms with Gasteiger partial charge >= 0.3 is 0 Å². The van der Waals surface area contributed by atoms with E-state index >= 15 is 0 Å². The first kappa shape index (κ1) is 16.6. The fourth-order valence-corrected chi connectivity index (χ4v) is 5.86. The number of aryl methyl sites for hydroxylation is 1. The summed E-state index contributed by atoms with van der Waals surface area (Å²) in [5.74, 6) is 0.909. The van der Waals surface area contributed by atoms with Gasteiger partial charge in [-0.2, -0.15) is 9.29 Å². The summed E-state index contributed by atoms with van der Waals surface area (Å²) in [4.78, 5) is 5.27. The van der Waals surface area contributed by atoms with E-state index in [2.05, 4.69) is 30.9 Å². The summed E-state index contributed by atoms with van der Waals surface area (Å²) in [6.07, 6.45) is 1.52. The number of hydrogen-bond donors (Lipinski definition) is 0. The highest BCUT2D eigenvalue weighted by Crippen LogP contribution is 2.39. The van der Waals surface area contributed by atoms with Crippen LogP contribution in [0.3, 0.4) is 0 Å². The van der Waals surface area contributed by atoms with E-state index in [9.17, 15) is 8.42 Å². The van der Waals surface area contributed by atoms with Crippen molar-refractivity contribution in [3.8, 4) is 0 Å². The Bertz CT molecular complexity index is 802. The molecule has 3 heterocycles. The first-order chi connectivity index (χ1) is 10.7. The summed E-state index contributed by atoms with van der Waals surface area (Å²) in [5, 5.41) is 3.91. The summed E-state index contributed by atoms with van der Waals surface area (Å²) in [6.45, 7) is 8.43. The summed E-state index contributed by atoms with van der Waals surface area (Å²) in [6, 6.07) is 3.27. The number of sulfonamides is 1. The van der Waals surface area contributed by atoms with Gasteiger partial charge in [0, 0.05) is 18.3 Å². The van der Waals surface area contributed by atoms with Gasteiger partial charge in [-0.25, -0.2) is 8.42 Å². The van der Waals surface area contributed by atoms with E-state index in [0.29, 0.717) is 22.5 Å². The van der Waals surface area contributed by atoms with Crippen molar-refractivity contribution in [1.82, 2.24) is 14.4 Å². The second kappa shape index (κ2) is 5.68. The Kier molecular flexibility index (Phi) is 4.10. The van der Waals surface area contributed by atoms with Gasteiger partial charge < -0.3 is 4.52 Å². The molecule has 1 saturated heterocycles. The largest absolute Gasteiger partial charge is 0.340 e. The lowest BCUT2D eigenvalue weighted by atomic mass is 9.95. The normalized spacial score (nSPS) is 20.3. The Morgan fingerprint density at radius 3 is 2.65 bits per heavy atom. The number of hydrogen-bond acceptors (Lipinski definition) is 6. The predicted molar refractivity (Wildman–Crippen MR) is 87.9 cm³/mol. The van der Waals surface area contributed by atoms with Gasteiger partial charge in [0.2, 0.25) is 5.89 Å². The van der Waals surface area contributed by atoms with Crippen LogP contribution in [0, 0.1) is 6.92 Å². The van der Waals surface area contributed by atoms with Crippen molar-refractivity contribution in [2.45, 2.75) is 56.2 Å². The van der Waals surface area contributed by atoms with Gasteiger partial charge in [0.15, 0.2) is 5.82 Å². The van der Waals surface area contributed by atoms with Gasteiger partial charge in [-0.05, 0) is 30.4 Å². The summed E-state index contributed by atoms with van der Waals surface area (Å²) in [5.41, 5.74) is -0.0619. The Morgan fingerprint density at radius 1 is 1.35 bits per heavy atom. The number of nitrogens with zero attached hydrogens (tertiary/aromatic N) is 3. The van der Waals surface area contributed by atoms with E-state index in [0.717, 1.165) is 17.7 Å². The average Bonchev–Trinajstić information content (AvgIpc) is 3.17. The molecule has 1 aliphatic rings. The summed E-state index contributed by atoms with van der Waals surface area (Å²) >= 11 is 1.34. The van der Waals surface area contributed by atoms with Crippen LogP contribution < -0.4 is 0 Å². The third-order valence-corrected chi connectivity index (χ3v) is 7.82. The second-order valence-corrected chi connectivity index (χ2v) is 10.0. The van der Waals surface area contributed by atoms with Crippen LogP contribution in [0.1, 0.15) is 56.2 Å². The molecule has 8 heteroatoms. The van der Waals surface area contributed by atoms with Crippen molar-refractivity contribution in [2.75, 3.05) is 6.54 Å². The zero-order valence-electron chi connectivity index (χ0n) is 13.7. The standard InChI is InChI=1S/C15H21N3O3S2/c1-10-16-14(17-21-10)11-6-5-9-18(11)23(19,20)13-8-7-12(22-13)15(2,3)4/h7-8,11H,5-6,9H2,1-4H3. The van der Waals surface area contributed by atoms with E-state index in [1.165, 1.54) is 15.6 Å². The number of aromatic nitrogens is 2. The van der Waals surface area contributed by atoms with E-state index in [4.69, 9.17) is 4.52 Å². The van der Waals surface area contributed by atoms with Crippen LogP contribution in [-0.2, 0) is 15.4 Å². The smallest absolute Gasteiger partial charge is 0.253 e. The lowest BCUT2D eigenvalue weighted by Gasteiger charge is -2.21. The molecule has 1 aliphatic heterocycles. The third-order valence-electron chi connectivity index (χ3n) is 3.93. The molecule has 0 spiro atoms. The molecule has 2 aromatic heterocycles. The monoisotopic (exact) mass is 355 g/mol. The van der Waals surface area contributed by atoms with Crippen molar-refractivity contribution < 1.29 is 12.9 Å². The van der Waals surface area contributed by atoms with Crippen LogP contribution >= 0.6 is 11.3 Å². The summed E-state index contributed by atoms with van der Waals surface area (Å²) in [7, 11) is -3.54. The Morgan fingerprint density at radius 2 is 2.09 bits per heavy atom. The molecule has 126 valence electrons. The first-order valence-electron chi connectivity index (χ1n) is 7.62. The Hall–Kier alpha value is -1.25. The molecule has 2 aromatic rings. The van der Waals surface area contributed by atoms with Crippen LogP contribution in [0.2, 0.25) is 0 Å². The maximum absolute atomic E-state index is 13.0. The highest BCUT2D eigenvalue weighted by atomic mass is 32.2. The van der Waals surface area contributed by atoms with Crippen LogP contribution in [0.4, 0.5) is 0 Å². The topological polar surface area (TPSA) is 76.3 Å². The molecule has 0 saturated carbocycles. The molecule has 0 amide bonds. The number of rotatable bonds is 3. The van der Waals surface area contributed by atoms with Gasteiger partial charge in [-0.15, -0.1) is 11.3 Å². The summed E-state index contributed by atoms with van der Waals surface area (Å²) < 4.78 is 32.9. The highest BCUT2D eigenvalue weighted by molar-refractivity contribution is 7.91. The molecule has 1 atom stereocenters. The third kappa shape index (κ3) is 3.07. The quantitative estimate of drug-likeness (QED) is 0.844. The Balaban J connectivity index is 1.94. The molecule has 1 unspecified atom stereocenters. The minimum Gasteiger partial charge on any atom is -0.340 e. The molecular weight excluding hydrogens is 334 g/mol. The lowest BCUT2D eigenvalue weighted by molar-refractivity contribution is 0.350. The fraction of sp³-hybridized carbons (Fsp3) is 0.600. The molecule has 0 bridgehead atoms. The molecule has 23 heavy (non-hydrogen) atoms. The molecule has 1 fully saturated rings. The van der Waals surface area contributed by atoms with Gasteiger partial charge in [0.25, 0.3) is 10.0 Å². The molecule has 0 N–H and O–H groups in total. The zero-order valence-corrected chi connectivity index (χ0v) is 15.4. The van der Waals surface area contributed by atoms with E-state index in [1.807, 2.05) is 6.07 Å². The van der Waals surface area contributed by atoms with Gasteiger partial charge in [-0.1, -0.05) is 25.9 Å². The van der Waals surface area contributed by atoms with Crippen LogP contribution in [-0.4, -0.2) is 29.4 Å². The second-order valence-electron chi connectivity index (χ2n) is 6.81. The molecule has 3 rings (SSSR count). The van der Waals surface area contributed by atoms with Crippen LogP contribution in [0.25, 0.3) is 0 Å². The molecule has 6 nitrogen and oxygen atoms in total. The van der Waals surface area contributed by atoms with Gasteiger partial charge in [0.1, 0.15) is 4.21 Å². The van der Waals surface area contributed by atoms with Crippen molar-refractivity contribution in [2.24, 2.45) is 0 Å². The molecule has 0 radical (unpaired) electrons. The minimum atomic E-state index is -3.54. The maximum atomic E-state index is 13.0. The lowest BCUT2D eigenvalue weighted by Crippen LogP contribution is -2.30. The Labute approximate surface area is 140 Å². The maximum Gasteiger partial charge on any atom is 0.253 e. The number of thiophene rings is 1. The average molecular weight is 355 g/mol. The van der Waals surface area contributed by atoms with Crippen molar-refractivity contribution in [3.63, 3.8) is 0 Å². The van der Waals surface area contributed by atoms with E-state index < -0.39 is 10.0 Å². The highest BCUT2D eigenvalue weighted by Gasteiger charge is 2.39. The van der Waals surface area contributed by atoms with Crippen molar-refractivity contribution in [1.29, 1.82) is 0 Å². The van der Waals surface area contributed by atoms with Crippen molar-refractivity contribution >= 4 is 21.4 Å². The molecular formula is C15H21N3O3S2. The molecule has 0 aliphatic carbocycles. The van der Waals surface area contributed by atoms with E-state index in [1.54, 1.807) is 13.0 Å².